The van der Waals surface area contributed by atoms with Gasteiger partial charge < -0.3 is 14.6 Å². The lowest BCUT2D eigenvalue weighted by Crippen LogP contribution is -2.22. The van der Waals surface area contributed by atoms with Crippen molar-refractivity contribution in [2.45, 2.75) is 45.5 Å². The molecule has 0 aliphatic carbocycles. The summed E-state index contributed by atoms with van der Waals surface area (Å²) < 4.78 is 21.1. The van der Waals surface area contributed by atoms with Gasteiger partial charge in [0.05, 0.1) is 18.6 Å². The van der Waals surface area contributed by atoms with Gasteiger partial charge in [0.15, 0.2) is 0 Å². The van der Waals surface area contributed by atoms with E-state index >= 15 is 0 Å². The number of hydrogen-bond acceptors (Lipinski definition) is 3. The van der Waals surface area contributed by atoms with Crippen LogP contribution < -0.4 is 10.1 Å². The third-order valence-electron chi connectivity index (χ3n) is 3.56. The molecule has 2 heterocycles. The van der Waals surface area contributed by atoms with E-state index < -0.39 is 0 Å². The first-order chi connectivity index (χ1) is 10.1. The first kappa shape index (κ1) is 14.1. The van der Waals surface area contributed by atoms with Gasteiger partial charge in [-0.2, -0.15) is 0 Å². The summed E-state index contributed by atoms with van der Waals surface area (Å²) in [6.07, 6.45) is 4.64. The fourth-order valence-corrected chi connectivity index (χ4v) is 2.53. The average Bonchev–Trinajstić information content (AvgIpc) is 3.02. The van der Waals surface area contributed by atoms with Gasteiger partial charge in [0.2, 0.25) is 0 Å². The Labute approximate surface area is 124 Å². The molecule has 1 aliphatic rings. The molecule has 2 aromatic rings. The molecular formula is C16H20FN3O. The van der Waals surface area contributed by atoms with Gasteiger partial charge >= 0.3 is 0 Å². The summed E-state index contributed by atoms with van der Waals surface area (Å²) in [7, 11) is 0. The summed E-state index contributed by atoms with van der Waals surface area (Å²) in [5.74, 6) is 0.589. The number of benzene rings is 1. The van der Waals surface area contributed by atoms with E-state index in [9.17, 15) is 4.39 Å². The number of aromatic nitrogens is 2. The second-order valence-electron chi connectivity index (χ2n) is 5.79. The SMILES string of the molecule is CC(C)NCc1cn(CC2Cc3cc(F)ccc3O2)cn1. The van der Waals surface area contributed by atoms with Crippen molar-refractivity contribution in [2.75, 3.05) is 0 Å². The summed E-state index contributed by atoms with van der Waals surface area (Å²) in [4.78, 5) is 4.38. The van der Waals surface area contributed by atoms with E-state index in [1.807, 2.05) is 17.1 Å². The number of nitrogens with one attached hydrogen (secondary N) is 1. The maximum Gasteiger partial charge on any atom is 0.123 e. The number of rotatable bonds is 5. The van der Waals surface area contributed by atoms with Crippen molar-refractivity contribution in [1.29, 1.82) is 0 Å². The number of hydrogen-bond donors (Lipinski definition) is 1. The maximum absolute atomic E-state index is 13.2. The summed E-state index contributed by atoms with van der Waals surface area (Å²) in [5.41, 5.74) is 1.96. The molecule has 5 heteroatoms. The highest BCUT2D eigenvalue weighted by Crippen LogP contribution is 2.29. The van der Waals surface area contributed by atoms with Crippen LogP contribution >= 0.6 is 0 Å². The van der Waals surface area contributed by atoms with Crippen LogP contribution in [0.4, 0.5) is 4.39 Å². The third kappa shape index (κ3) is 3.42. The second kappa shape index (κ2) is 5.85. The number of nitrogens with zero attached hydrogens (tertiary/aromatic N) is 2. The fourth-order valence-electron chi connectivity index (χ4n) is 2.53. The predicted octanol–water partition coefficient (Wildman–Crippen LogP) is 2.52. The van der Waals surface area contributed by atoms with Gasteiger partial charge in [0.1, 0.15) is 17.7 Å². The summed E-state index contributed by atoms with van der Waals surface area (Å²) in [5, 5.41) is 3.34. The van der Waals surface area contributed by atoms with Crippen LogP contribution in [0.3, 0.4) is 0 Å². The minimum absolute atomic E-state index is 0.0434. The Kier molecular flexibility index (Phi) is 3.92. The quantitative estimate of drug-likeness (QED) is 0.919. The van der Waals surface area contributed by atoms with E-state index in [0.29, 0.717) is 6.04 Å². The Morgan fingerprint density at radius 2 is 2.33 bits per heavy atom. The van der Waals surface area contributed by atoms with Crippen LogP contribution in [-0.4, -0.2) is 21.7 Å². The normalized spacial score (nSPS) is 17.0. The first-order valence-electron chi connectivity index (χ1n) is 7.29. The molecular weight excluding hydrogens is 269 g/mol. The molecule has 0 saturated carbocycles. The van der Waals surface area contributed by atoms with Gasteiger partial charge in [0, 0.05) is 30.8 Å². The molecule has 0 saturated heterocycles. The van der Waals surface area contributed by atoms with Crippen molar-refractivity contribution >= 4 is 0 Å². The predicted molar refractivity (Wildman–Crippen MR) is 78.7 cm³/mol. The van der Waals surface area contributed by atoms with Gasteiger partial charge in [-0.05, 0) is 18.2 Å². The lowest BCUT2D eigenvalue weighted by Gasteiger charge is -2.11. The Balaban J connectivity index is 1.59. The lowest BCUT2D eigenvalue weighted by molar-refractivity contribution is 0.209. The van der Waals surface area contributed by atoms with Crippen molar-refractivity contribution < 1.29 is 9.13 Å². The molecule has 3 rings (SSSR count). The minimum atomic E-state index is -0.206. The molecule has 4 nitrogen and oxygen atoms in total. The highest BCUT2D eigenvalue weighted by Gasteiger charge is 2.23. The van der Waals surface area contributed by atoms with Crippen LogP contribution in [-0.2, 0) is 19.5 Å². The van der Waals surface area contributed by atoms with E-state index in [4.69, 9.17) is 4.74 Å². The van der Waals surface area contributed by atoms with Crippen molar-refractivity contribution in [1.82, 2.24) is 14.9 Å². The van der Waals surface area contributed by atoms with E-state index in [2.05, 4.69) is 24.1 Å². The molecule has 1 aliphatic heterocycles. The average molecular weight is 289 g/mol. The molecule has 0 bridgehead atoms. The number of ether oxygens (including phenoxy) is 1. The summed E-state index contributed by atoms with van der Waals surface area (Å²) in [6.45, 7) is 5.71. The molecule has 1 aromatic heterocycles. The topological polar surface area (TPSA) is 39.1 Å². The number of imidazole rings is 1. The highest BCUT2D eigenvalue weighted by atomic mass is 19.1. The fraction of sp³-hybridized carbons (Fsp3) is 0.438. The van der Waals surface area contributed by atoms with Gasteiger partial charge in [0.25, 0.3) is 0 Å². The van der Waals surface area contributed by atoms with E-state index in [-0.39, 0.29) is 11.9 Å². The van der Waals surface area contributed by atoms with Gasteiger partial charge in [-0.3, -0.25) is 0 Å². The number of fused-ring (bicyclic) bond motifs is 1. The molecule has 112 valence electrons. The maximum atomic E-state index is 13.2. The Bertz CT molecular complexity index is 624. The molecule has 0 amide bonds. The van der Waals surface area contributed by atoms with Crippen LogP contribution in [0.5, 0.6) is 5.75 Å². The zero-order valence-electron chi connectivity index (χ0n) is 12.3. The smallest absolute Gasteiger partial charge is 0.123 e. The Morgan fingerprint density at radius 1 is 1.48 bits per heavy atom. The van der Waals surface area contributed by atoms with Crippen molar-refractivity contribution in [3.63, 3.8) is 0 Å². The molecule has 1 N–H and O–H groups in total. The molecule has 1 unspecified atom stereocenters. The zero-order chi connectivity index (χ0) is 14.8. The van der Waals surface area contributed by atoms with Crippen LogP contribution in [0.2, 0.25) is 0 Å². The van der Waals surface area contributed by atoms with Crippen LogP contribution in [0.1, 0.15) is 25.1 Å². The van der Waals surface area contributed by atoms with Gasteiger partial charge in [-0.15, -0.1) is 0 Å². The van der Waals surface area contributed by atoms with Crippen molar-refractivity contribution in [2.24, 2.45) is 0 Å². The monoisotopic (exact) mass is 289 g/mol. The molecule has 21 heavy (non-hydrogen) atoms. The lowest BCUT2D eigenvalue weighted by atomic mass is 10.1. The van der Waals surface area contributed by atoms with Crippen LogP contribution in [0.15, 0.2) is 30.7 Å². The third-order valence-corrected chi connectivity index (χ3v) is 3.56. The summed E-state index contributed by atoms with van der Waals surface area (Å²) in [6, 6.07) is 5.14. The van der Waals surface area contributed by atoms with E-state index in [1.165, 1.54) is 6.07 Å². The van der Waals surface area contributed by atoms with Crippen molar-refractivity contribution in [3.8, 4) is 5.75 Å². The van der Waals surface area contributed by atoms with Crippen LogP contribution in [0, 0.1) is 5.82 Å². The van der Waals surface area contributed by atoms with E-state index in [1.54, 1.807) is 12.1 Å². The molecule has 0 fully saturated rings. The van der Waals surface area contributed by atoms with Gasteiger partial charge in [-0.1, -0.05) is 13.8 Å². The van der Waals surface area contributed by atoms with Crippen LogP contribution in [0.25, 0.3) is 0 Å². The largest absolute Gasteiger partial charge is 0.488 e. The second-order valence-corrected chi connectivity index (χ2v) is 5.79. The zero-order valence-corrected chi connectivity index (χ0v) is 12.3. The molecule has 1 atom stereocenters. The molecule has 0 spiro atoms. The van der Waals surface area contributed by atoms with Crippen molar-refractivity contribution in [3.05, 3.63) is 47.8 Å². The first-order valence-corrected chi connectivity index (χ1v) is 7.29. The van der Waals surface area contributed by atoms with E-state index in [0.717, 1.165) is 36.5 Å². The molecule has 0 radical (unpaired) electrons. The highest BCUT2D eigenvalue weighted by molar-refractivity contribution is 5.37. The Morgan fingerprint density at radius 3 is 3.14 bits per heavy atom. The Hall–Kier alpha value is -1.88. The van der Waals surface area contributed by atoms with Gasteiger partial charge in [-0.25, -0.2) is 9.37 Å². The summed E-state index contributed by atoms with van der Waals surface area (Å²) >= 11 is 0. The number of halogens is 1. The standard InChI is InChI=1S/C16H20FN3O/c1-11(2)18-7-14-8-20(10-19-14)9-15-6-12-5-13(17)3-4-16(12)21-15/h3-5,8,10-11,15,18H,6-7,9H2,1-2H3. The molecule has 1 aromatic carbocycles. The minimum Gasteiger partial charge on any atom is -0.488 e.